The molecule has 0 bridgehead atoms. The molecule has 0 spiro atoms. The number of carbonyl (C=O) groups is 1. The molecule has 4 atom stereocenters. The predicted octanol–water partition coefficient (Wildman–Crippen LogP) is 4.49. The van der Waals surface area contributed by atoms with E-state index >= 15 is 0 Å². The first kappa shape index (κ1) is 33.7. The summed E-state index contributed by atoms with van der Waals surface area (Å²) in [5.74, 6) is 0.226. The summed E-state index contributed by atoms with van der Waals surface area (Å²) >= 11 is 2.77. The highest BCUT2D eigenvalue weighted by Gasteiger charge is 2.51. The average molecular weight is 707 g/mol. The Bertz CT molecular complexity index is 1840. The van der Waals surface area contributed by atoms with Crippen LogP contribution in [0.5, 0.6) is 11.5 Å². The molecule has 48 heavy (non-hydrogen) atoms. The molecule has 250 valence electrons. The van der Waals surface area contributed by atoms with Crippen LogP contribution >= 0.6 is 22.7 Å². The zero-order valence-corrected chi connectivity index (χ0v) is 28.1. The fourth-order valence-electron chi connectivity index (χ4n) is 5.41. The smallest absolute Gasteiger partial charge is 0.283 e. The van der Waals surface area contributed by atoms with E-state index in [1.165, 1.54) is 17.5 Å². The van der Waals surface area contributed by atoms with Gasteiger partial charge in [-0.25, -0.2) is 4.98 Å². The second-order valence-corrected chi connectivity index (χ2v) is 14.7. The Morgan fingerprint density at radius 3 is 1.92 bits per heavy atom. The number of ether oxygens (including phenoxy) is 2. The zero-order chi connectivity index (χ0) is 33.5. The second kappa shape index (κ2) is 15.4. The summed E-state index contributed by atoms with van der Waals surface area (Å²) in [5.41, 5.74) is 1.61. The molecule has 5 aromatic rings. The number of aliphatic hydroxyl groups is 2. The molecule has 3 heterocycles. The van der Waals surface area contributed by atoms with Crippen molar-refractivity contribution in [1.29, 1.82) is 0 Å². The summed E-state index contributed by atoms with van der Waals surface area (Å²) in [5, 5.41) is 30.0. The van der Waals surface area contributed by atoms with Gasteiger partial charge >= 0.3 is 0 Å². The highest BCUT2D eigenvalue weighted by atomic mass is 32.2. The maximum Gasteiger partial charge on any atom is 0.283 e. The summed E-state index contributed by atoms with van der Waals surface area (Å²) in [6.45, 7) is -1.47. The van der Waals surface area contributed by atoms with Crippen LogP contribution in [0.15, 0.2) is 114 Å². The van der Waals surface area contributed by atoms with Gasteiger partial charge in [-0.3, -0.25) is 4.79 Å². The van der Waals surface area contributed by atoms with Gasteiger partial charge in [-0.05, 0) is 46.8 Å². The Morgan fingerprint density at radius 1 is 0.771 bits per heavy atom. The number of para-hydroxylation sites is 2. The van der Waals surface area contributed by atoms with Crippen LogP contribution in [0.25, 0.3) is 10.4 Å². The summed E-state index contributed by atoms with van der Waals surface area (Å²) in [7, 11) is -4.59. The Kier molecular flexibility index (Phi) is 10.8. The van der Waals surface area contributed by atoms with Crippen molar-refractivity contribution in [2.24, 2.45) is 0 Å². The second-order valence-electron chi connectivity index (χ2n) is 11.0. The highest BCUT2D eigenvalue weighted by Crippen LogP contribution is 2.31. The Morgan fingerprint density at radius 2 is 1.38 bits per heavy atom. The van der Waals surface area contributed by atoms with E-state index < -0.39 is 47.0 Å². The van der Waals surface area contributed by atoms with E-state index in [4.69, 9.17) is 9.47 Å². The number of rotatable bonds is 12. The normalized spacial score (nSPS) is 21.3. The van der Waals surface area contributed by atoms with Crippen molar-refractivity contribution < 1.29 is 32.9 Å². The third-order valence-corrected chi connectivity index (χ3v) is 11.5. The van der Waals surface area contributed by atoms with Crippen LogP contribution in [0.4, 0.5) is 5.13 Å². The monoisotopic (exact) mass is 706 g/mol. The summed E-state index contributed by atoms with van der Waals surface area (Å²) in [6, 6.07) is 26.3. The maximum atomic E-state index is 14.8. The van der Waals surface area contributed by atoms with Crippen LogP contribution in [0.1, 0.15) is 5.56 Å². The topological polar surface area (TPSA) is 142 Å². The lowest BCUT2D eigenvalue weighted by molar-refractivity contribution is -0.117. The number of benzene rings is 3. The number of thiophene rings is 1. The molecule has 1 fully saturated rings. The summed E-state index contributed by atoms with van der Waals surface area (Å²) < 4.78 is 43.5. The van der Waals surface area contributed by atoms with Gasteiger partial charge in [0.05, 0.1) is 18.6 Å². The van der Waals surface area contributed by atoms with E-state index in [0.29, 0.717) is 22.2 Å². The molecule has 3 N–H and O–H groups in total. The van der Waals surface area contributed by atoms with Gasteiger partial charge < -0.3 is 25.0 Å². The summed E-state index contributed by atoms with van der Waals surface area (Å²) in [6.07, 6.45) is -1.76. The van der Waals surface area contributed by atoms with Crippen molar-refractivity contribution in [3.05, 3.63) is 120 Å². The standard InChI is InChI=1S/C34H34N4O7S3/c39-31(36-34-35-17-19-47-34)21-38-29(23-45-27-10-5-2-6-11-27)33(41)32(40)28(22-44-26-8-3-1-4-9-26)37(48(38,42)43)20-24-13-15-25(16-14-24)30-12-7-18-46-30/h1-19,28-29,32-33,40-41H,20-23H2,(H,35,36,39)/t28-,29-,32+,33+/m1/s1. The van der Waals surface area contributed by atoms with Gasteiger partial charge in [0.25, 0.3) is 10.2 Å². The van der Waals surface area contributed by atoms with E-state index in [9.17, 15) is 23.4 Å². The third-order valence-electron chi connectivity index (χ3n) is 7.87. The molecule has 3 aromatic carbocycles. The molecule has 1 aliphatic heterocycles. The molecule has 2 aromatic heterocycles. The molecular weight excluding hydrogens is 673 g/mol. The predicted molar refractivity (Wildman–Crippen MR) is 185 cm³/mol. The molecule has 0 radical (unpaired) electrons. The fourth-order valence-corrected chi connectivity index (χ4v) is 8.61. The zero-order valence-electron chi connectivity index (χ0n) is 25.6. The van der Waals surface area contributed by atoms with E-state index in [1.807, 2.05) is 47.8 Å². The molecular formula is C34H34N4O7S3. The molecule has 0 saturated carbocycles. The van der Waals surface area contributed by atoms with E-state index in [1.54, 1.807) is 71.3 Å². The number of aromatic nitrogens is 1. The van der Waals surface area contributed by atoms with Crippen LogP contribution in [0.3, 0.4) is 0 Å². The fraction of sp³-hybridized carbons (Fsp3) is 0.235. The van der Waals surface area contributed by atoms with E-state index in [2.05, 4.69) is 10.3 Å². The lowest BCUT2D eigenvalue weighted by atomic mass is 9.99. The Labute approximate surface area is 286 Å². The average Bonchev–Trinajstić information content (AvgIpc) is 3.83. The largest absolute Gasteiger partial charge is 0.492 e. The van der Waals surface area contributed by atoms with Crippen LogP contribution in [-0.2, 0) is 21.5 Å². The van der Waals surface area contributed by atoms with Crippen LogP contribution in [0, 0.1) is 0 Å². The highest BCUT2D eigenvalue weighted by molar-refractivity contribution is 7.86. The quantitative estimate of drug-likeness (QED) is 0.173. The van der Waals surface area contributed by atoms with E-state index in [0.717, 1.165) is 19.1 Å². The minimum absolute atomic E-state index is 0.170. The Hall–Kier alpha value is -4.15. The maximum absolute atomic E-state index is 14.8. The number of nitrogens with zero attached hydrogens (tertiary/aromatic N) is 3. The molecule has 1 saturated heterocycles. The lowest BCUT2D eigenvalue weighted by Crippen LogP contribution is -2.54. The van der Waals surface area contributed by atoms with Gasteiger partial charge in [-0.2, -0.15) is 17.0 Å². The number of hydrogen-bond donors (Lipinski definition) is 3. The SMILES string of the molecule is O=C(CN1[C@H](COc2ccccc2)[C@H](O)[C@@H](O)[C@@H](COc2ccccc2)N(Cc2ccc(-c3cccs3)cc2)S1(=O)=O)Nc1nccs1. The number of thiazole rings is 1. The van der Waals surface area contributed by atoms with Gasteiger partial charge in [0, 0.05) is 23.0 Å². The molecule has 6 rings (SSSR count). The minimum atomic E-state index is -4.59. The van der Waals surface area contributed by atoms with Gasteiger partial charge in [0.2, 0.25) is 5.91 Å². The third kappa shape index (κ3) is 7.93. The van der Waals surface area contributed by atoms with Crippen molar-refractivity contribution in [3.63, 3.8) is 0 Å². The first-order valence-corrected chi connectivity index (χ1v) is 18.3. The van der Waals surface area contributed by atoms with Crippen molar-refractivity contribution >= 4 is 43.9 Å². The number of nitrogens with one attached hydrogen (secondary N) is 1. The first-order chi connectivity index (χ1) is 23.3. The van der Waals surface area contributed by atoms with Gasteiger partial charge in [0.1, 0.15) is 36.9 Å². The molecule has 0 aliphatic carbocycles. The number of anilines is 1. The first-order valence-electron chi connectivity index (χ1n) is 15.1. The van der Waals surface area contributed by atoms with Gasteiger partial charge in [0.15, 0.2) is 5.13 Å². The summed E-state index contributed by atoms with van der Waals surface area (Å²) in [4.78, 5) is 18.4. The Balaban J connectivity index is 1.37. The van der Waals surface area contributed by atoms with E-state index in [-0.39, 0.29) is 19.8 Å². The number of amides is 1. The van der Waals surface area contributed by atoms with Crippen LogP contribution in [-0.4, -0.2) is 82.2 Å². The molecule has 1 amide bonds. The van der Waals surface area contributed by atoms with Crippen molar-refractivity contribution in [2.75, 3.05) is 25.1 Å². The minimum Gasteiger partial charge on any atom is -0.492 e. The molecule has 0 unspecified atom stereocenters. The lowest BCUT2D eigenvalue weighted by Gasteiger charge is -2.34. The van der Waals surface area contributed by atoms with Crippen LogP contribution < -0.4 is 14.8 Å². The van der Waals surface area contributed by atoms with Gasteiger partial charge in [-0.1, -0.05) is 66.7 Å². The van der Waals surface area contributed by atoms with Crippen LogP contribution in [0.2, 0.25) is 0 Å². The number of aliphatic hydroxyl groups excluding tert-OH is 2. The molecule has 1 aliphatic rings. The van der Waals surface area contributed by atoms with Crippen molar-refractivity contribution in [3.8, 4) is 21.9 Å². The number of hydrogen-bond acceptors (Lipinski definition) is 10. The molecule has 14 heteroatoms. The molecule has 11 nitrogen and oxygen atoms in total. The van der Waals surface area contributed by atoms with Gasteiger partial charge in [-0.15, -0.1) is 22.7 Å². The number of carbonyl (C=O) groups excluding carboxylic acids is 1. The van der Waals surface area contributed by atoms with Crippen molar-refractivity contribution in [2.45, 2.75) is 30.8 Å². The van der Waals surface area contributed by atoms with Crippen molar-refractivity contribution in [1.82, 2.24) is 13.6 Å².